The lowest BCUT2D eigenvalue weighted by molar-refractivity contribution is -0.135. The predicted octanol–water partition coefficient (Wildman–Crippen LogP) is 3.65. The van der Waals surface area contributed by atoms with Crippen LogP contribution >= 0.6 is 0 Å². The molecule has 156 valence electrons. The number of rotatable bonds is 2. The maximum atomic E-state index is 12.7. The predicted molar refractivity (Wildman–Crippen MR) is 106 cm³/mol. The van der Waals surface area contributed by atoms with Crippen LogP contribution in [0.2, 0.25) is 0 Å². The lowest BCUT2D eigenvalue weighted by atomic mass is 9.82. The largest absolute Gasteiger partial charge is 0.493 e. The van der Waals surface area contributed by atoms with Gasteiger partial charge in [-0.1, -0.05) is 0 Å². The van der Waals surface area contributed by atoms with Crippen LogP contribution in [0.1, 0.15) is 54.1 Å². The molecule has 7 heteroatoms. The number of carbonyl (C=O) groups is 2. The van der Waals surface area contributed by atoms with Crippen LogP contribution in [0.5, 0.6) is 28.7 Å². The van der Waals surface area contributed by atoms with Crippen molar-refractivity contribution < 1.29 is 33.3 Å². The molecule has 0 fully saturated rings. The SMILES string of the molecule is COc1cc(C2CC(=O)Oc3ccc4c(c32)OC(C)(C)CC4=O)cc2c1OCCO2. The molecule has 0 saturated heterocycles. The zero-order chi connectivity index (χ0) is 21.0. The number of ketones is 1. The zero-order valence-corrected chi connectivity index (χ0v) is 17.1. The third kappa shape index (κ3) is 2.96. The van der Waals surface area contributed by atoms with E-state index in [1.807, 2.05) is 26.0 Å². The third-order valence-electron chi connectivity index (χ3n) is 5.62. The van der Waals surface area contributed by atoms with Crippen LogP contribution in [0, 0.1) is 0 Å². The first-order chi connectivity index (χ1) is 14.4. The summed E-state index contributed by atoms with van der Waals surface area (Å²) < 4.78 is 28.7. The van der Waals surface area contributed by atoms with Crippen molar-refractivity contribution >= 4 is 11.8 Å². The van der Waals surface area contributed by atoms with Crippen LogP contribution in [0.4, 0.5) is 0 Å². The molecule has 3 heterocycles. The molecule has 5 rings (SSSR count). The highest BCUT2D eigenvalue weighted by Crippen LogP contribution is 2.51. The average Bonchev–Trinajstić information content (AvgIpc) is 2.71. The van der Waals surface area contributed by atoms with E-state index in [4.69, 9.17) is 23.7 Å². The summed E-state index contributed by atoms with van der Waals surface area (Å²) in [4.78, 5) is 25.1. The molecule has 0 aliphatic carbocycles. The molecule has 1 unspecified atom stereocenters. The molecule has 0 spiro atoms. The normalized spacial score (nSPS) is 21.1. The van der Waals surface area contributed by atoms with Gasteiger partial charge in [-0.15, -0.1) is 0 Å². The van der Waals surface area contributed by atoms with Crippen LogP contribution < -0.4 is 23.7 Å². The van der Waals surface area contributed by atoms with Gasteiger partial charge in [-0.05, 0) is 43.7 Å². The Bertz CT molecular complexity index is 1050. The average molecular weight is 410 g/mol. The number of Topliss-reactive ketones (excluding diaryl/α,β-unsaturated/α-hetero) is 1. The van der Waals surface area contributed by atoms with E-state index < -0.39 is 5.60 Å². The molecule has 2 aromatic rings. The van der Waals surface area contributed by atoms with Crippen molar-refractivity contribution in [3.63, 3.8) is 0 Å². The molecule has 7 nitrogen and oxygen atoms in total. The Hall–Kier alpha value is -3.22. The Balaban J connectivity index is 1.70. The molecule has 0 bridgehead atoms. The Labute approximate surface area is 173 Å². The number of carbonyl (C=O) groups excluding carboxylic acids is 2. The van der Waals surface area contributed by atoms with E-state index in [1.165, 1.54) is 0 Å². The van der Waals surface area contributed by atoms with Crippen LogP contribution in [0.25, 0.3) is 0 Å². The summed E-state index contributed by atoms with van der Waals surface area (Å²) in [6.07, 6.45) is 0.408. The van der Waals surface area contributed by atoms with E-state index in [-0.39, 0.29) is 24.1 Å². The lowest BCUT2D eigenvalue weighted by Crippen LogP contribution is -2.37. The molecular weight excluding hydrogens is 388 g/mol. The summed E-state index contributed by atoms with van der Waals surface area (Å²) in [6, 6.07) is 7.05. The van der Waals surface area contributed by atoms with Crippen molar-refractivity contribution in [1.82, 2.24) is 0 Å². The number of fused-ring (bicyclic) bond motifs is 4. The van der Waals surface area contributed by atoms with Gasteiger partial charge in [0.05, 0.1) is 25.5 Å². The van der Waals surface area contributed by atoms with Gasteiger partial charge in [0.2, 0.25) is 5.75 Å². The molecule has 3 aliphatic heterocycles. The first-order valence-electron chi connectivity index (χ1n) is 9.93. The number of esters is 1. The highest BCUT2D eigenvalue weighted by molar-refractivity contribution is 6.01. The van der Waals surface area contributed by atoms with Gasteiger partial charge < -0.3 is 23.7 Å². The highest BCUT2D eigenvalue weighted by atomic mass is 16.6. The molecule has 0 aromatic heterocycles. The Morgan fingerprint density at radius 3 is 2.63 bits per heavy atom. The maximum absolute atomic E-state index is 12.7. The monoisotopic (exact) mass is 410 g/mol. The zero-order valence-electron chi connectivity index (χ0n) is 17.1. The molecule has 0 radical (unpaired) electrons. The fourth-order valence-electron chi connectivity index (χ4n) is 4.34. The van der Waals surface area contributed by atoms with Gasteiger partial charge in [0.1, 0.15) is 30.3 Å². The van der Waals surface area contributed by atoms with Crippen molar-refractivity contribution in [2.45, 2.75) is 38.2 Å². The highest BCUT2D eigenvalue weighted by Gasteiger charge is 2.40. The number of hydrogen-bond acceptors (Lipinski definition) is 7. The first-order valence-corrected chi connectivity index (χ1v) is 9.93. The van der Waals surface area contributed by atoms with Crippen LogP contribution in [0.3, 0.4) is 0 Å². The van der Waals surface area contributed by atoms with Gasteiger partial charge in [0.15, 0.2) is 17.3 Å². The van der Waals surface area contributed by atoms with Crippen molar-refractivity contribution in [2.24, 2.45) is 0 Å². The topological polar surface area (TPSA) is 80.3 Å². The summed E-state index contributed by atoms with van der Waals surface area (Å²) in [5.41, 5.74) is 1.38. The Kier molecular flexibility index (Phi) is 4.17. The summed E-state index contributed by atoms with van der Waals surface area (Å²) in [5, 5.41) is 0. The summed E-state index contributed by atoms with van der Waals surface area (Å²) in [7, 11) is 1.56. The standard InChI is InChI=1S/C23H22O7/c1-23(2)11-15(24)13-4-5-16-20(21(13)30-23)14(10-19(25)29-16)12-8-17(26-3)22-18(9-12)27-6-7-28-22/h4-5,8-9,14H,6-7,10-11H2,1-3H3. The van der Waals surface area contributed by atoms with Crippen LogP contribution in [-0.2, 0) is 4.79 Å². The van der Waals surface area contributed by atoms with E-state index in [0.717, 1.165) is 5.56 Å². The van der Waals surface area contributed by atoms with E-state index >= 15 is 0 Å². The van der Waals surface area contributed by atoms with Gasteiger partial charge in [-0.3, -0.25) is 9.59 Å². The Morgan fingerprint density at radius 2 is 1.83 bits per heavy atom. The molecule has 3 aliphatic rings. The van der Waals surface area contributed by atoms with Crippen LogP contribution in [-0.4, -0.2) is 37.7 Å². The molecule has 0 N–H and O–H groups in total. The quantitative estimate of drug-likeness (QED) is 0.552. The van der Waals surface area contributed by atoms with Crippen molar-refractivity contribution in [3.05, 3.63) is 41.0 Å². The number of benzene rings is 2. The molecule has 30 heavy (non-hydrogen) atoms. The second-order valence-electron chi connectivity index (χ2n) is 8.29. The third-order valence-corrected chi connectivity index (χ3v) is 5.62. The number of ether oxygens (including phenoxy) is 5. The second kappa shape index (κ2) is 6.65. The number of hydrogen-bond donors (Lipinski definition) is 0. The van der Waals surface area contributed by atoms with E-state index in [1.54, 1.807) is 19.2 Å². The fourth-order valence-corrected chi connectivity index (χ4v) is 4.34. The van der Waals surface area contributed by atoms with Crippen LogP contribution in [0.15, 0.2) is 24.3 Å². The molecule has 2 aromatic carbocycles. The van der Waals surface area contributed by atoms with E-state index in [2.05, 4.69) is 0 Å². The summed E-state index contributed by atoms with van der Waals surface area (Å²) >= 11 is 0. The molecule has 0 amide bonds. The van der Waals surface area contributed by atoms with Crippen molar-refractivity contribution in [2.75, 3.05) is 20.3 Å². The minimum absolute atomic E-state index is 0.0134. The minimum atomic E-state index is -0.643. The first kappa shape index (κ1) is 18.8. The van der Waals surface area contributed by atoms with E-state index in [0.29, 0.717) is 59.5 Å². The molecule has 0 saturated carbocycles. The maximum Gasteiger partial charge on any atom is 0.312 e. The summed E-state index contributed by atoms with van der Waals surface area (Å²) in [5.74, 6) is 1.84. The Morgan fingerprint density at radius 1 is 1.03 bits per heavy atom. The van der Waals surface area contributed by atoms with Crippen molar-refractivity contribution in [3.8, 4) is 28.7 Å². The fraction of sp³-hybridized carbons (Fsp3) is 0.391. The minimum Gasteiger partial charge on any atom is -0.493 e. The van der Waals surface area contributed by atoms with Crippen molar-refractivity contribution in [1.29, 1.82) is 0 Å². The molecule has 1 atom stereocenters. The van der Waals surface area contributed by atoms with Gasteiger partial charge in [0, 0.05) is 11.5 Å². The second-order valence-corrected chi connectivity index (χ2v) is 8.29. The summed E-state index contributed by atoms with van der Waals surface area (Å²) in [6.45, 7) is 4.64. The molecular formula is C23H22O7. The number of methoxy groups -OCH3 is 1. The van der Waals surface area contributed by atoms with E-state index in [9.17, 15) is 9.59 Å². The lowest BCUT2D eigenvalue weighted by Gasteiger charge is -2.36. The van der Waals surface area contributed by atoms with Gasteiger partial charge in [-0.2, -0.15) is 0 Å². The van der Waals surface area contributed by atoms with Gasteiger partial charge in [-0.25, -0.2) is 0 Å². The van der Waals surface area contributed by atoms with Gasteiger partial charge >= 0.3 is 5.97 Å². The smallest absolute Gasteiger partial charge is 0.312 e. The van der Waals surface area contributed by atoms with Gasteiger partial charge in [0.25, 0.3) is 0 Å².